The van der Waals surface area contributed by atoms with Crippen LogP contribution in [0, 0.1) is 10.1 Å². The summed E-state index contributed by atoms with van der Waals surface area (Å²) in [6.07, 6.45) is 1.52. The number of nitro benzene ring substituents is 1. The van der Waals surface area contributed by atoms with Crippen LogP contribution in [0.5, 0.6) is 0 Å². The normalized spacial score (nSPS) is 13.8. The summed E-state index contributed by atoms with van der Waals surface area (Å²) in [5, 5.41) is 13.4. The number of amides is 3. The molecule has 1 heterocycles. The first-order valence-electron chi connectivity index (χ1n) is 8.53. The second-order valence-electron chi connectivity index (χ2n) is 6.20. The van der Waals surface area contributed by atoms with Crippen LogP contribution in [0.15, 0.2) is 61.2 Å². The van der Waals surface area contributed by atoms with Crippen LogP contribution in [0.1, 0.15) is 26.3 Å². The first-order valence-corrected chi connectivity index (χ1v) is 8.53. The van der Waals surface area contributed by atoms with Gasteiger partial charge in [0, 0.05) is 25.1 Å². The molecule has 0 spiro atoms. The van der Waals surface area contributed by atoms with Gasteiger partial charge in [0.1, 0.15) is 6.04 Å². The Morgan fingerprint density at radius 3 is 2.18 bits per heavy atom. The minimum atomic E-state index is -1.09. The molecule has 1 aliphatic rings. The first-order chi connectivity index (χ1) is 13.4. The second kappa shape index (κ2) is 7.83. The fraction of sp³-hybridized carbons (Fsp3) is 0.150. The standard InChI is InChI=1S/C20H17N3O5/c1-2-11-21-18(24)17(12-13-7-9-14(10-8-13)23(27)28)22-19(25)15-5-3-4-6-16(15)20(22)26/h2-10,17H,1,11-12H2,(H,21,24)/t17-/m0/s1. The molecule has 28 heavy (non-hydrogen) atoms. The number of benzene rings is 2. The molecule has 0 fully saturated rings. The van der Waals surface area contributed by atoms with E-state index in [1.54, 1.807) is 24.3 Å². The van der Waals surface area contributed by atoms with Crippen molar-refractivity contribution in [2.45, 2.75) is 12.5 Å². The van der Waals surface area contributed by atoms with Gasteiger partial charge in [-0.25, -0.2) is 0 Å². The highest BCUT2D eigenvalue weighted by atomic mass is 16.6. The van der Waals surface area contributed by atoms with Gasteiger partial charge in [0.05, 0.1) is 16.1 Å². The average Bonchev–Trinajstić information content (AvgIpc) is 2.95. The maximum absolute atomic E-state index is 12.8. The average molecular weight is 379 g/mol. The Balaban J connectivity index is 1.92. The molecule has 3 amide bonds. The van der Waals surface area contributed by atoms with Gasteiger partial charge in [-0.15, -0.1) is 6.58 Å². The number of rotatable bonds is 7. The molecule has 1 atom stereocenters. The summed E-state index contributed by atoms with van der Waals surface area (Å²) >= 11 is 0. The van der Waals surface area contributed by atoms with Crippen molar-refractivity contribution in [2.75, 3.05) is 6.54 Å². The highest BCUT2D eigenvalue weighted by molar-refractivity contribution is 6.22. The van der Waals surface area contributed by atoms with Crippen molar-refractivity contribution in [3.05, 3.63) is 88.0 Å². The highest BCUT2D eigenvalue weighted by Gasteiger charge is 2.42. The summed E-state index contributed by atoms with van der Waals surface area (Å²) < 4.78 is 0. The third-order valence-corrected chi connectivity index (χ3v) is 4.44. The van der Waals surface area contributed by atoms with Crippen molar-refractivity contribution in [2.24, 2.45) is 0 Å². The molecule has 2 aromatic rings. The number of imide groups is 1. The van der Waals surface area contributed by atoms with Crippen LogP contribution in [-0.4, -0.2) is 40.1 Å². The van der Waals surface area contributed by atoms with Gasteiger partial charge in [0.25, 0.3) is 17.5 Å². The van der Waals surface area contributed by atoms with Crippen LogP contribution < -0.4 is 5.32 Å². The molecule has 142 valence electrons. The Bertz CT molecular complexity index is 933. The number of nitrogens with one attached hydrogen (secondary N) is 1. The van der Waals surface area contributed by atoms with Crippen LogP contribution in [-0.2, 0) is 11.2 Å². The van der Waals surface area contributed by atoms with Gasteiger partial charge in [-0.2, -0.15) is 0 Å². The summed E-state index contributed by atoms with van der Waals surface area (Å²) in [6.45, 7) is 3.72. The van der Waals surface area contributed by atoms with Gasteiger partial charge >= 0.3 is 0 Å². The summed E-state index contributed by atoms with van der Waals surface area (Å²) in [4.78, 5) is 49.5. The van der Waals surface area contributed by atoms with Crippen molar-refractivity contribution in [1.29, 1.82) is 0 Å². The smallest absolute Gasteiger partial charge is 0.269 e. The molecule has 0 bridgehead atoms. The highest BCUT2D eigenvalue weighted by Crippen LogP contribution is 2.26. The zero-order valence-corrected chi connectivity index (χ0v) is 14.8. The summed E-state index contributed by atoms with van der Waals surface area (Å²) in [5.74, 6) is -1.59. The van der Waals surface area contributed by atoms with Crippen LogP contribution in [0.2, 0.25) is 0 Å². The van der Waals surface area contributed by atoms with Crippen LogP contribution in [0.4, 0.5) is 5.69 Å². The maximum Gasteiger partial charge on any atom is 0.269 e. The van der Waals surface area contributed by atoms with E-state index in [9.17, 15) is 24.5 Å². The lowest BCUT2D eigenvalue weighted by Gasteiger charge is -2.25. The molecular weight excluding hydrogens is 362 g/mol. The summed E-state index contributed by atoms with van der Waals surface area (Å²) in [7, 11) is 0. The van der Waals surface area contributed by atoms with E-state index >= 15 is 0 Å². The molecule has 3 rings (SSSR count). The van der Waals surface area contributed by atoms with Crippen molar-refractivity contribution in [3.8, 4) is 0 Å². The van der Waals surface area contributed by atoms with Crippen LogP contribution >= 0.6 is 0 Å². The molecule has 1 N–H and O–H groups in total. The number of non-ortho nitro benzene ring substituents is 1. The van der Waals surface area contributed by atoms with E-state index in [0.717, 1.165) is 4.90 Å². The topological polar surface area (TPSA) is 110 Å². The van der Waals surface area contributed by atoms with E-state index in [4.69, 9.17) is 0 Å². The van der Waals surface area contributed by atoms with Gasteiger partial charge in [-0.05, 0) is 17.7 Å². The molecule has 0 radical (unpaired) electrons. The largest absolute Gasteiger partial charge is 0.351 e. The molecule has 8 nitrogen and oxygen atoms in total. The maximum atomic E-state index is 12.8. The lowest BCUT2D eigenvalue weighted by Crippen LogP contribution is -2.50. The zero-order chi connectivity index (χ0) is 20.3. The molecule has 0 unspecified atom stereocenters. The first kappa shape index (κ1) is 19.0. The molecule has 0 aromatic heterocycles. The van der Waals surface area contributed by atoms with Crippen molar-refractivity contribution >= 4 is 23.4 Å². The van der Waals surface area contributed by atoms with E-state index < -0.39 is 28.7 Å². The van der Waals surface area contributed by atoms with E-state index in [2.05, 4.69) is 11.9 Å². The summed E-state index contributed by atoms with van der Waals surface area (Å²) in [5.41, 5.74) is 0.994. The quantitative estimate of drug-likeness (QED) is 0.343. The molecular formula is C20H17N3O5. The molecule has 0 aliphatic carbocycles. The van der Waals surface area contributed by atoms with Crippen LogP contribution in [0.25, 0.3) is 0 Å². The van der Waals surface area contributed by atoms with E-state index in [0.29, 0.717) is 5.56 Å². The molecule has 8 heteroatoms. The Hall–Kier alpha value is -3.81. The summed E-state index contributed by atoms with van der Waals surface area (Å²) in [6, 6.07) is 10.9. The molecule has 1 aliphatic heterocycles. The second-order valence-corrected chi connectivity index (χ2v) is 6.20. The Morgan fingerprint density at radius 2 is 1.68 bits per heavy atom. The minimum absolute atomic E-state index is 0.0342. The minimum Gasteiger partial charge on any atom is -0.351 e. The third-order valence-electron chi connectivity index (χ3n) is 4.44. The molecule has 0 saturated heterocycles. The van der Waals surface area contributed by atoms with Crippen LogP contribution in [0.3, 0.4) is 0 Å². The fourth-order valence-electron chi connectivity index (χ4n) is 3.06. The van der Waals surface area contributed by atoms with Gasteiger partial charge in [0.15, 0.2) is 0 Å². The van der Waals surface area contributed by atoms with E-state index in [1.807, 2.05) is 0 Å². The Morgan fingerprint density at radius 1 is 1.11 bits per heavy atom. The van der Waals surface area contributed by atoms with Crippen molar-refractivity contribution < 1.29 is 19.3 Å². The van der Waals surface area contributed by atoms with Crippen molar-refractivity contribution in [1.82, 2.24) is 10.2 Å². The van der Waals surface area contributed by atoms with E-state index in [1.165, 1.54) is 30.3 Å². The zero-order valence-electron chi connectivity index (χ0n) is 14.8. The lowest BCUT2D eigenvalue weighted by molar-refractivity contribution is -0.384. The number of nitro groups is 1. The number of carbonyl (C=O) groups excluding carboxylic acids is 3. The van der Waals surface area contributed by atoms with E-state index in [-0.39, 0.29) is 29.8 Å². The number of hydrogen-bond donors (Lipinski definition) is 1. The number of carbonyl (C=O) groups is 3. The fourth-order valence-corrected chi connectivity index (χ4v) is 3.06. The number of hydrogen-bond acceptors (Lipinski definition) is 5. The van der Waals surface area contributed by atoms with Gasteiger partial charge in [-0.3, -0.25) is 29.4 Å². The van der Waals surface area contributed by atoms with Gasteiger partial charge in [0.2, 0.25) is 5.91 Å². The number of fused-ring (bicyclic) bond motifs is 1. The molecule has 0 saturated carbocycles. The number of nitrogens with zero attached hydrogens (tertiary/aromatic N) is 2. The SMILES string of the molecule is C=CCNC(=O)[C@H](Cc1ccc([N+](=O)[O-])cc1)N1C(=O)c2ccccc2C1=O. The lowest BCUT2D eigenvalue weighted by atomic mass is 10.0. The van der Waals surface area contributed by atoms with Gasteiger partial charge in [-0.1, -0.05) is 30.3 Å². The third kappa shape index (κ3) is 3.52. The molecule has 2 aromatic carbocycles. The Labute approximate surface area is 160 Å². The predicted octanol–water partition coefficient (Wildman–Crippen LogP) is 2.10. The van der Waals surface area contributed by atoms with Gasteiger partial charge < -0.3 is 5.32 Å². The van der Waals surface area contributed by atoms with Crippen molar-refractivity contribution in [3.63, 3.8) is 0 Å². The Kier molecular flexibility index (Phi) is 5.30. The predicted molar refractivity (Wildman–Crippen MR) is 101 cm³/mol. The monoisotopic (exact) mass is 379 g/mol.